The molecule has 0 atom stereocenters. The van der Waals surface area contributed by atoms with Crippen LogP contribution in [0.3, 0.4) is 0 Å². The van der Waals surface area contributed by atoms with Crippen molar-refractivity contribution in [3.63, 3.8) is 0 Å². The van der Waals surface area contributed by atoms with Crippen molar-refractivity contribution in [2.24, 2.45) is 0 Å². The van der Waals surface area contributed by atoms with Crippen LogP contribution in [0, 0.1) is 0 Å². The molecule has 1 aromatic heterocycles. The smallest absolute Gasteiger partial charge is 0.338 e. The molecule has 1 heterocycles. The Morgan fingerprint density at radius 1 is 1.39 bits per heavy atom. The van der Waals surface area contributed by atoms with E-state index in [1.165, 1.54) is 26.4 Å². The number of halogens is 2. The van der Waals surface area contributed by atoms with Crippen molar-refractivity contribution < 1.29 is 23.0 Å². The van der Waals surface area contributed by atoms with Crippen molar-refractivity contribution in [3.8, 4) is 5.75 Å². The SMILES string of the molecule is COC(=O)c1cc(OC)c2c(C(F)F)[nH]nc2c1. The van der Waals surface area contributed by atoms with Crippen LogP contribution in [0.4, 0.5) is 8.78 Å². The number of aromatic nitrogens is 2. The third kappa shape index (κ3) is 1.87. The minimum absolute atomic E-state index is 0.150. The number of carbonyl (C=O) groups excluding carboxylic acids is 1. The number of carbonyl (C=O) groups is 1. The van der Waals surface area contributed by atoms with E-state index in [2.05, 4.69) is 14.9 Å². The Bertz CT molecular complexity index is 595. The summed E-state index contributed by atoms with van der Waals surface area (Å²) in [6, 6.07) is 2.71. The Hall–Kier alpha value is -2.18. The van der Waals surface area contributed by atoms with E-state index in [-0.39, 0.29) is 27.9 Å². The quantitative estimate of drug-likeness (QED) is 0.856. The van der Waals surface area contributed by atoms with Gasteiger partial charge in [0.05, 0.1) is 30.7 Å². The van der Waals surface area contributed by atoms with Gasteiger partial charge in [-0.15, -0.1) is 0 Å². The number of hydrogen-bond donors (Lipinski definition) is 1. The molecule has 2 rings (SSSR count). The summed E-state index contributed by atoms with van der Waals surface area (Å²) in [4.78, 5) is 11.4. The predicted molar refractivity (Wildman–Crippen MR) is 58.9 cm³/mol. The van der Waals surface area contributed by atoms with Gasteiger partial charge in [-0.2, -0.15) is 5.10 Å². The Balaban J connectivity index is 2.69. The third-order valence-electron chi connectivity index (χ3n) is 2.51. The Morgan fingerprint density at radius 3 is 2.67 bits per heavy atom. The number of nitrogens with one attached hydrogen (secondary N) is 1. The summed E-state index contributed by atoms with van der Waals surface area (Å²) in [6.45, 7) is 0. The Labute approximate surface area is 101 Å². The first-order chi connectivity index (χ1) is 8.58. The molecule has 96 valence electrons. The molecule has 1 N–H and O–H groups in total. The van der Waals surface area contributed by atoms with Crippen LogP contribution in [0.2, 0.25) is 0 Å². The number of hydrogen-bond acceptors (Lipinski definition) is 4. The lowest BCUT2D eigenvalue weighted by molar-refractivity contribution is 0.0600. The number of ether oxygens (including phenoxy) is 2. The van der Waals surface area contributed by atoms with Gasteiger partial charge in [0, 0.05) is 0 Å². The van der Waals surface area contributed by atoms with Crippen LogP contribution >= 0.6 is 0 Å². The van der Waals surface area contributed by atoms with Crippen molar-refractivity contribution in [2.75, 3.05) is 14.2 Å². The van der Waals surface area contributed by atoms with Crippen molar-refractivity contribution in [1.29, 1.82) is 0 Å². The molecule has 7 heteroatoms. The average molecular weight is 256 g/mol. The molecule has 2 aromatic rings. The van der Waals surface area contributed by atoms with Gasteiger partial charge in [0.25, 0.3) is 6.43 Å². The monoisotopic (exact) mass is 256 g/mol. The highest BCUT2D eigenvalue weighted by Gasteiger charge is 2.21. The van der Waals surface area contributed by atoms with Crippen LogP contribution < -0.4 is 4.74 Å². The van der Waals surface area contributed by atoms with Gasteiger partial charge >= 0.3 is 5.97 Å². The maximum Gasteiger partial charge on any atom is 0.338 e. The summed E-state index contributed by atoms with van der Waals surface area (Å²) in [5.74, 6) is -0.436. The zero-order valence-corrected chi connectivity index (χ0v) is 9.66. The molecule has 0 aliphatic carbocycles. The van der Waals surface area contributed by atoms with Crippen LogP contribution in [-0.2, 0) is 4.74 Å². The molecule has 18 heavy (non-hydrogen) atoms. The van der Waals surface area contributed by atoms with Gasteiger partial charge in [-0.05, 0) is 12.1 Å². The molecule has 0 spiro atoms. The molecule has 0 saturated heterocycles. The summed E-state index contributed by atoms with van der Waals surface area (Å²) in [5, 5.41) is 6.14. The molecule has 0 bridgehead atoms. The normalized spacial score (nSPS) is 10.9. The van der Waals surface area contributed by atoms with E-state index >= 15 is 0 Å². The lowest BCUT2D eigenvalue weighted by atomic mass is 10.1. The highest BCUT2D eigenvalue weighted by molar-refractivity contribution is 5.98. The first kappa shape index (κ1) is 12.3. The van der Waals surface area contributed by atoms with E-state index < -0.39 is 12.4 Å². The second kappa shape index (κ2) is 4.59. The van der Waals surface area contributed by atoms with Crippen molar-refractivity contribution in [2.45, 2.75) is 6.43 Å². The van der Waals surface area contributed by atoms with Crippen LogP contribution in [-0.4, -0.2) is 30.4 Å². The second-order valence-electron chi connectivity index (χ2n) is 3.50. The molecule has 5 nitrogen and oxygen atoms in total. The predicted octanol–water partition coefficient (Wildman–Crippen LogP) is 2.30. The molecule has 1 aromatic carbocycles. The zero-order chi connectivity index (χ0) is 13.3. The molecule has 0 aliphatic heterocycles. The Kier molecular flexibility index (Phi) is 3.14. The minimum atomic E-state index is -2.70. The van der Waals surface area contributed by atoms with Gasteiger partial charge in [0.15, 0.2) is 0 Å². The molecule has 0 unspecified atom stereocenters. The van der Waals surface area contributed by atoms with Crippen molar-refractivity contribution in [3.05, 3.63) is 23.4 Å². The summed E-state index contributed by atoms with van der Waals surface area (Å²) in [5.41, 5.74) is 0.0810. The maximum absolute atomic E-state index is 12.8. The number of rotatable bonds is 3. The van der Waals surface area contributed by atoms with Gasteiger partial charge in [-0.1, -0.05) is 0 Å². The summed E-state index contributed by atoms with van der Waals surface area (Å²) >= 11 is 0. The van der Waals surface area contributed by atoms with E-state index in [1.807, 2.05) is 0 Å². The standard InChI is InChI=1S/C11H10F2N2O3/c1-17-7-4-5(11(16)18-2)3-6-8(7)9(10(12)13)15-14-6/h3-4,10H,1-2H3,(H,14,15). The van der Waals surface area contributed by atoms with E-state index in [1.54, 1.807) is 0 Å². The van der Waals surface area contributed by atoms with Crippen molar-refractivity contribution >= 4 is 16.9 Å². The first-order valence-corrected chi connectivity index (χ1v) is 5.01. The fourth-order valence-corrected chi connectivity index (χ4v) is 1.69. The van der Waals surface area contributed by atoms with Gasteiger partial charge in [0.2, 0.25) is 0 Å². The number of alkyl halides is 2. The average Bonchev–Trinajstić information content (AvgIpc) is 2.80. The number of benzene rings is 1. The zero-order valence-electron chi connectivity index (χ0n) is 9.66. The molecular formula is C11H10F2N2O3. The number of aromatic amines is 1. The van der Waals surface area contributed by atoms with Gasteiger partial charge < -0.3 is 9.47 Å². The molecule has 0 fully saturated rings. The van der Waals surface area contributed by atoms with E-state index in [9.17, 15) is 13.6 Å². The molecular weight excluding hydrogens is 246 g/mol. The number of esters is 1. The third-order valence-corrected chi connectivity index (χ3v) is 2.51. The molecule has 0 amide bonds. The van der Waals surface area contributed by atoms with Crippen LogP contribution in [0.25, 0.3) is 10.9 Å². The molecule has 0 saturated carbocycles. The first-order valence-electron chi connectivity index (χ1n) is 5.01. The minimum Gasteiger partial charge on any atom is -0.496 e. The van der Waals surface area contributed by atoms with Crippen LogP contribution in [0.1, 0.15) is 22.5 Å². The van der Waals surface area contributed by atoms with Gasteiger partial charge in [0.1, 0.15) is 11.4 Å². The largest absolute Gasteiger partial charge is 0.496 e. The van der Waals surface area contributed by atoms with E-state index in [0.29, 0.717) is 0 Å². The summed E-state index contributed by atoms with van der Waals surface area (Å²) in [7, 11) is 2.56. The van der Waals surface area contributed by atoms with Crippen molar-refractivity contribution in [1.82, 2.24) is 10.2 Å². The Morgan fingerprint density at radius 2 is 2.11 bits per heavy atom. The molecule has 0 radical (unpaired) electrons. The summed E-state index contributed by atoms with van der Waals surface area (Å²) in [6.07, 6.45) is -2.70. The van der Waals surface area contributed by atoms with E-state index in [0.717, 1.165) is 0 Å². The number of H-pyrrole nitrogens is 1. The fourth-order valence-electron chi connectivity index (χ4n) is 1.69. The topological polar surface area (TPSA) is 64.2 Å². The summed E-state index contributed by atoms with van der Waals surface area (Å²) < 4.78 is 35.1. The molecule has 0 aliphatic rings. The highest BCUT2D eigenvalue weighted by Crippen LogP contribution is 2.33. The van der Waals surface area contributed by atoms with Gasteiger partial charge in [-0.25, -0.2) is 13.6 Å². The van der Waals surface area contributed by atoms with Crippen LogP contribution in [0.15, 0.2) is 12.1 Å². The fraction of sp³-hybridized carbons (Fsp3) is 0.273. The number of fused-ring (bicyclic) bond motifs is 1. The highest BCUT2D eigenvalue weighted by atomic mass is 19.3. The lowest BCUT2D eigenvalue weighted by Crippen LogP contribution is -2.01. The number of methoxy groups -OCH3 is 2. The number of nitrogens with zero attached hydrogens (tertiary/aromatic N) is 1. The lowest BCUT2D eigenvalue weighted by Gasteiger charge is -2.06. The van der Waals surface area contributed by atoms with E-state index in [4.69, 9.17) is 4.74 Å². The second-order valence-corrected chi connectivity index (χ2v) is 3.50. The van der Waals surface area contributed by atoms with Crippen LogP contribution in [0.5, 0.6) is 5.75 Å². The van der Waals surface area contributed by atoms with Gasteiger partial charge in [-0.3, -0.25) is 5.10 Å². The maximum atomic E-state index is 12.8.